The summed E-state index contributed by atoms with van der Waals surface area (Å²) in [7, 11) is 0. The quantitative estimate of drug-likeness (QED) is 0.631. The minimum absolute atomic E-state index is 0.0844. The molecule has 7 heteroatoms. The third-order valence-electron chi connectivity index (χ3n) is 4.29. The van der Waals surface area contributed by atoms with Crippen molar-refractivity contribution in [3.63, 3.8) is 0 Å². The Bertz CT molecular complexity index is 786. The number of ketones is 1. The Morgan fingerprint density at radius 2 is 1.89 bits per heavy atom. The maximum absolute atomic E-state index is 13.3. The van der Waals surface area contributed by atoms with E-state index in [0.717, 1.165) is 10.6 Å². The lowest BCUT2D eigenvalue weighted by Gasteiger charge is -2.41. The number of benzene rings is 1. The van der Waals surface area contributed by atoms with E-state index in [1.165, 1.54) is 0 Å². The minimum Gasteiger partial charge on any atom is -0.449 e. The molecule has 0 heterocycles. The standard InChI is InChI=1S/C20H24N2O5/c1-5-10-15-13-14-11-8-9-12-16(14)20(4,17(15)23)22(19(25)27-7-3)21-18(24)26-6-2/h5,8-9,11-13H,1,6-7,10H2,2-4H3,(H,21,24). The van der Waals surface area contributed by atoms with Gasteiger partial charge in [0.2, 0.25) is 0 Å². The molecule has 2 rings (SSSR count). The first kappa shape index (κ1) is 20.2. The van der Waals surface area contributed by atoms with Crippen molar-refractivity contribution < 1.29 is 23.9 Å². The second-order valence-corrected chi connectivity index (χ2v) is 6.02. The predicted octanol–water partition coefficient (Wildman–Crippen LogP) is 3.56. The van der Waals surface area contributed by atoms with Crippen LogP contribution >= 0.6 is 0 Å². The van der Waals surface area contributed by atoms with Crippen molar-refractivity contribution in [1.29, 1.82) is 0 Å². The molecule has 1 aromatic carbocycles. The van der Waals surface area contributed by atoms with Crippen LogP contribution in [0.15, 0.2) is 42.5 Å². The van der Waals surface area contributed by atoms with E-state index in [-0.39, 0.29) is 19.0 Å². The summed E-state index contributed by atoms with van der Waals surface area (Å²) in [5.74, 6) is -0.328. The number of hydrogen-bond acceptors (Lipinski definition) is 5. The molecule has 1 aliphatic rings. The highest BCUT2D eigenvalue weighted by molar-refractivity contribution is 6.10. The maximum Gasteiger partial charge on any atom is 0.430 e. The van der Waals surface area contributed by atoms with Gasteiger partial charge in [0, 0.05) is 5.57 Å². The van der Waals surface area contributed by atoms with E-state index in [9.17, 15) is 14.4 Å². The van der Waals surface area contributed by atoms with Gasteiger partial charge in [-0.25, -0.2) is 15.0 Å². The number of nitrogens with one attached hydrogen (secondary N) is 1. The van der Waals surface area contributed by atoms with Gasteiger partial charge in [-0.2, -0.15) is 5.01 Å². The molecular weight excluding hydrogens is 348 g/mol. The van der Waals surface area contributed by atoms with Gasteiger partial charge in [-0.1, -0.05) is 30.3 Å². The number of ether oxygens (including phenoxy) is 2. The summed E-state index contributed by atoms with van der Waals surface area (Å²) in [6, 6.07) is 7.19. The molecule has 0 fully saturated rings. The molecule has 1 aromatic rings. The van der Waals surface area contributed by atoms with Crippen molar-refractivity contribution in [2.24, 2.45) is 0 Å². The van der Waals surface area contributed by atoms with Gasteiger partial charge in [-0.05, 0) is 44.4 Å². The van der Waals surface area contributed by atoms with E-state index < -0.39 is 17.7 Å². The molecule has 0 radical (unpaired) electrons. The first-order valence-corrected chi connectivity index (χ1v) is 8.76. The average Bonchev–Trinajstić information content (AvgIpc) is 2.64. The lowest BCUT2D eigenvalue weighted by Crippen LogP contribution is -2.61. The molecule has 7 nitrogen and oxygen atoms in total. The van der Waals surface area contributed by atoms with Crippen molar-refractivity contribution in [3.05, 3.63) is 53.6 Å². The Hall–Kier alpha value is -3.09. The molecule has 2 amide bonds. The fourth-order valence-electron chi connectivity index (χ4n) is 3.07. The number of amides is 2. The van der Waals surface area contributed by atoms with Crippen LogP contribution in [0.1, 0.15) is 38.3 Å². The van der Waals surface area contributed by atoms with Crippen molar-refractivity contribution >= 4 is 24.0 Å². The summed E-state index contributed by atoms with van der Waals surface area (Å²) in [5, 5.41) is 0.908. The highest BCUT2D eigenvalue weighted by atomic mass is 16.6. The summed E-state index contributed by atoms with van der Waals surface area (Å²) in [6.07, 6.45) is 2.02. The number of allylic oxidation sites excluding steroid dienone is 1. The lowest BCUT2D eigenvalue weighted by molar-refractivity contribution is -0.128. The number of hydrazine groups is 1. The van der Waals surface area contributed by atoms with Gasteiger partial charge in [-0.15, -0.1) is 6.58 Å². The lowest BCUT2D eigenvalue weighted by atomic mass is 9.75. The number of rotatable bonds is 5. The molecule has 27 heavy (non-hydrogen) atoms. The number of carbonyl (C=O) groups excluding carboxylic acids is 3. The molecule has 0 aliphatic heterocycles. The number of nitrogens with zero attached hydrogens (tertiary/aromatic N) is 1. The van der Waals surface area contributed by atoms with Crippen LogP contribution in [0.3, 0.4) is 0 Å². The van der Waals surface area contributed by atoms with Crippen LogP contribution in [0.25, 0.3) is 6.08 Å². The number of carbonyl (C=O) groups is 3. The van der Waals surface area contributed by atoms with E-state index in [1.807, 2.05) is 12.1 Å². The SMILES string of the molecule is C=CCC1=Cc2ccccc2C(C)(N(NC(=O)OCC)C(=O)OCC)C1=O. The normalized spacial score (nSPS) is 18.0. The van der Waals surface area contributed by atoms with Crippen LogP contribution in [0.2, 0.25) is 0 Å². The van der Waals surface area contributed by atoms with Crippen LogP contribution in [-0.2, 0) is 19.8 Å². The van der Waals surface area contributed by atoms with E-state index in [0.29, 0.717) is 17.6 Å². The van der Waals surface area contributed by atoms with Crippen LogP contribution in [0.5, 0.6) is 0 Å². The first-order valence-electron chi connectivity index (χ1n) is 8.76. The molecule has 1 unspecified atom stereocenters. The highest BCUT2D eigenvalue weighted by Crippen LogP contribution is 2.39. The second-order valence-electron chi connectivity index (χ2n) is 6.02. The predicted molar refractivity (Wildman–Crippen MR) is 101 cm³/mol. The molecular formula is C20H24N2O5. The Balaban J connectivity index is 2.61. The fourth-order valence-corrected chi connectivity index (χ4v) is 3.07. The number of fused-ring (bicyclic) bond motifs is 1. The largest absolute Gasteiger partial charge is 0.449 e. The number of Topliss-reactive ketones (excluding diaryl/α,β-unsaturated/α-hetero) is 1. The molecule has 1 atom stereocenters. The van der Waals surface area contributed by atoms with Crippen molar-refractivity contribution in [2.75, 3.05) is 13.2 Å². The third-order valence-corrected chi connectivity index (χ3v) is 4.29. The summed E-state index contributed by atoms with van der Waals surface area (Å²) in [5.41, 5.74) is 2.70. The molecule has 0 spiro atoms. The van der Waals surface area contributed by atoms with Gasteiger partial charge < -0.3 is 9.47 Å². The molecule has 0 aromatic heterocycles. The van der Waals surface area contributed by atoms with Gasteiger partial charge >= 0.3 is 12.2 Å². The monoisotopic (exact) mass is 372 g/mol. The highest BCUT2D eigenvalue weighted by Gasteiger charge is 2.49. The van der Waals surface area contributed by atoms with Gasteiger partial charge in [-0.3, -0.25) is 4.79 Å². The second kappa shape index (κ2) is 8.53. The Labute approximate surface area is 158 Å². The van der Waals surface area contributed by atoms with Gasteiger partial charge in [0.05, 0.1) is 13.2 Å². The van der Waals surface area contributed by atoms with Gasteiger partial charge in [0.1, 0.15) is 0 Å². The molecule has 0 saturated heterocycles. The minimum atomic E-state index is -1.50. The Morgan fingerprint density at radius 3 is 2.52 bits per heavy atom. The van der Waals surface area contributed by atoms with Crippen molar-refractivity contribution in [1.82, 2.24) is 10.4 Å². The van der Waals surface area contributed by atoms with Crippen LogP contribution < -0.4 is 5.43 Å². The zero-order valence-corrected chi connectivity index (χ0v) is 15.8. The van der Waals surface area contributed by atoms with Crippen molar-refractivity contribution in [2.45, 2.75) is 32.7 Å². The first-order chi connectivity index (χ1) is 12.9. The zero-order chi connectivity index (χ0) is 20.0. The van der Waals surface area contributed by atoms with Crippen LogP contribution in [0, 0.1) is 0 Å². The van der Waals surface area contributed by atoms with Gasteiger partial charge in [0.25, 0.3) is 0 Å². The average molecular weight is 372 g/mol. The fraction of sp³-hybridized carbons (Fsp3) is 0.350. The summed E-state index contributed by atoms with van der Waals surface area (Å²) >= 11 is 0. The van der Waals surface area contributed by atoms with E-state index in [2.05, 4.69) is 12.0 Å². The zero-order valence-electron chi connectivity index (χ0n) is 15.8. The maximum atomic E-state index is 13.3. The smallest absolute Gasteiger partial charge is 0.430 e. The van der Waals surface area contributed by atoms with Crippen LogP contribution in [0.4, 0.5) is 9.59 Å². The number of hydrogen-bond donors (Lipinski definition) is 1. The summed E-state index contributed by atoms with van der Waals surface area (Å²) in [6.45, 7) is 8.75. The molecule has 1 aliphatic carbocycles. The van der Waals surface area contributed by atoms with E-state index in [1.54, 1.807) is 45.1 Å². The van der Waals surface area contributed by atoms with Gasteiger partial charge in [0.15, 0.2) is 11.3 Å². The molecule has 0 saturated carbocycles. The summed E-state index contributed by atoms with van der Waals surface area (Å²) < 4.78 is 9.98. The van der Waals surface area contributed by atoms with Crippen molar-refractivity contribution in [3.8, 4) is 0 Å². The molecule has 144 valence electrons. The topological polar surface area (TPSA) is 84.9 Å². The van der Waals surface area contributed by atoms with Crippen LogP contribution in [-0.4, -0.2) is 36.2 Å². The third kappa shape index (κ3) is 3.86. The Kier molecular flexibility index (Phi) is 6.39. The van der Waals surface area contributed by atoms with E-state index in [4.69, 9.17) is 9.47 Å². The van der Waals surface area contributed by atoms with E-state index >= 15 is 0 Å². The molecule has 1 N–H and O–H groups in total. The summed E-state index contributed by atoms with van der Waals surface area (Å²) in [4.78, 5) is 38.0. The Morgan fingerprint density at radius 1 is 1.22 bits per heavy atom. The molecule has 0 bridgehead atoms.